The van der Waals surface area contributed by atoms with E-state index < -0.39 is 5.82 Å². The Balaban J connectivity index is 1.28. The maximum atomic E-state index is 13.0. The van der Waals surface area contributed by atoms with E-state index in [4.69, 9.17) is 0 Å². The number of allylic oxidation sites excluding steroid dienone is 1. The third kappa shape index (κ3) is 5.10. The molecule has 1 aromatic carbocycles. The zero-order valence-corrected chi connectivity index (χ0v) is 18.1. The highest BCUT2D eigenvalue weighted by Gasteiger charge is 2.34. The summed E-state index contributed by atoms with van der Waals surface area (Å²) in [5.41, 5.74) is 2.22. The molecule has 2 aliphatic rings. The Labute approximate surface area is 183 Å². The van der Waals surface area contributed by atoms with Gasteiger partial charge in [-0.05, 0) is 49.1 Å². The third-order valence-electron chi connectivity index (χ3n) is 6.38. The quantitative estimate of drug-likeness (QED) is 0.668. The van der Waals surface area contributed by atoms with Crippen molar-refractivity contribution < 1.29 is 9.18 Å². The number of anilines is 1. The van der Waals surface area contributed by atoms with Crippen molar-refractivity contribution in [2.24, 2.45) is 5.41 Å². The van der Waals surface area contributed by atoms with Gasteiger partial charge in [0.2, 0.25) is 5.91 Å². The first-order valence-corrected chi connectivity index (χ1v) is 10.9. The number of rotatable bonds is 6. The summed E-state index contributed by atoms with van der Waals surface area (Å²) in [7, 11) is 0. The third-order valence-corrected chi connectivity index (χ3v) is 6.38. The average molecular weight is 424 g/mol. The SMILES string of the molecule is C=CCC1(C)CCN(CC(=O)N2CCN(c3ccc(-c4ncc(F)cn4)cc3)CC2)C1. The Morgan fingerprint density at radius 1 is 1.13 bits per heavy atom. The molecule has 1 unspecified atom stereocenters. The van der Waals surface area contributed by atoms with E-state index in [1.165, 1.54) is 12.4 Å². The van der Waals surface area contributed by atoms with Gasteiger partial charge in [-0.1, -0.05) is 13.0 Å². The van der Waals surface area contributed by atoms with Gasteiger partial charge >= 0.3 is 0 Å². The summed E-state index contributed by atoms with van der Waals surface area (Å²) in [5, 5.41) is 0. The molecule has 0 aliphatic carbocycles. The van der Waals surface area contributed by atoms with Gasteiger partial charge in [-0.3, -0.25) is 9.69 Å². The van der Waals surface area contributed by atoms with Crippen molar-refractivity contribution in [3.63, 3.8) is 0 Å². The minimum Gasteiger partial charge on any atom is -0.368 e. The topological polar surface area (TPSA) is 52.6 Å². The van der Waals surface area contributed by atoms with E-state index in [9.17, 15) is 9.18 Å². The highest BCUT2D eigenvalue weighted by Crippen LogP contribution is 2.33. The molecule has 0 radical (unpaired) electrons. The van der Waals surface area contributed by atoms with Crippen LogP contribution in [0.2, 0.25) is 0 Å². The number of aromatic nitrogens is 2. The molecule has 2 aromatic rings. The lowest BCUT2D eigenvalue weighted by Crippen LogP contribution is -2.51. The van der Waals surface area contributed by atoms with Crippen molar-refractivity contribution in [3.05, 3.63) is 55.1 Å². The van der Waals surface area contributed by atoms with Crippen LogP contribution in [0.5, 0.6) is 0 Å². The van der Waals surface area contributed by atoms with Crippen molar-refractivity contribution in [2.45, 2.75) is 19.8 Å². The van der Waals surface area contributed by atoms with E-state index in [0.29, 0.717) is 12.4 Å². The summed E-state index contributed by atoms with van der Waals surface area (Å²) in [5.74, 6) is 0.295. The molecule has 164 valence electrons. The maximum Gasteiger partial charge on any atom is 0.236 e. The molecule has 0 N–H and O–H groups in total. The van der Waals surface area contributed by atoms with Gasteiger partial charge in [0.1, 0.15) is 0 Å². The Morgan fingerprint density at radius 2 is 1.81 bits per heavy atom. The van der Waals surface area contributed by atoms with Crippen LogP contribution >= 0.6 is 0 Å². The summed E-state index contributed by atoms with van der Waals surface area (Å²) in [6.07, 6.45) is 6.47. The van der Waals surface area contributed by atoms with Crippen LogP contribution in [0.15, 0.2) is 49.3 Å². The van der Waals surface area contributed by atoms with E-state index >= 15 is 0 Å². The summed E-state index contributed by atoms with van der Waals surface area (Å²) >= 11 is 0. The Bertz CT molecular complexity index is 909. The second-order valence-corrected chi connectivity index (χ2v) is 8.90. The van der Waals surface area contributed by atoms with Crippen LogP contribution in [-0.2, 0) is 4.79 Å². The molecule has 0 spiro atoms. The average Bonchev–Trinajstić information content (AvgIpc) is 3.15. The molecule has 2 aliphatic heterocycles. The highest BCUT2D eigenvalue weighted by atomic mass is 19.1. The zero-order valence-electron chi connectivity index (χ0n) is 18.1. The van der Waals surface area contributed by atoms with Crippen LogP contribution in [0.25, 0.3) is 11.4 Å². The normalized spacial score (nSPS) is 22.0. The lowest BCUT2D eigenvalue weighted by atomic mass is 9.86. The predicted octanol–water partition coefficient (Wildman–Crippen LogP) is 3.22. The molecule has 1 amide bonds. The van der Waals surface area contributed by atoms with E-state index in [2.05, 4.69) is 33.3 Å². The fraction of sp³-hybridized carbons (Fsp3) is 0.458. The number of carbonyl (C=O) groups is 1. The van der Waals surface area contributed by atoms with Gasteiger partial charge in [-0.2, -0.15) is 0 Å². The molecule has 6 nitrogen and oxygen atoms in total. The van der Waals surface area contributed by atoms with Gasteiger partial charge in [0.05, 0.1) is 18.9 Å². The summed E-state index contributed by atoms with van der Waals surface area (Å²) in [6, 6.07) is 7.97. The van der Waals surface area contributed by atoms with Gasteiger partial charge in [-0.15, -0.1) is 6.58 Å². The molecule has 2 fully saturated rings. The highest BCUT2D eigenvalue weighted by molar-refractivity contribution is 5.78. The molecule has 7 heteroatoms. The number of carbonyl (C=O) groups excluding carboxylic acids is 1. The van der Waals surface area contributed by atoms with Crippen LogP contribution in [0.1, 0.15) is 19.8 Å². The van der Waals surface area contributed by atoms with E-state index in [1.54, 1.807) is 0 Å². The molecule has 31 heavy (non-hydrogen) atoms. The Morgan fingerprint density at radius 3 is 2.45 bits per heavy atom. The molecule has 0 bridgehead atoms. The van der Waals surface area contributed by atoms with Gasteiger partial charge in [0.25, 0.3) is 0 Å². The molecular weight excluding hydrogens is 393 g/mol. The summed E-state index contributed by atoms with van der Waals surface area (Å²) in [6.45, 7) is 11.7. The van der Waals surface area contributed by atoms with Crippen molar-refractivity contribution in [1.82, 2.24) is 19.8 Å². The number of likely N-dealkylation sites (tertiary alicyclic amines) is 1. The van der Waals surface area contributed by atoms with Crippen molar-refractivity contribution in [3.8, 4) is 11.4 Å². The van der Waals surface area contributed by atoms with Crippen LogP contribution in [-0.4, -0.2) is 71.5 Å². The van der Waals surface area contributed by atoms with Gasteiger partial charge in [0.15, 0.2) is 11.6 Å². The summed E-state index contributed by atoms with van der Waals surface area (Å²) < 4.78 is 13.0. The fourth-order valence-corrected chi connectivity index (χ4v) is 4.56. The van der Waals surface area contributed by atoms with Gasteiger partial charge in [0, 0.05) is 44.0 Å². The second kappa shape index (κ2) is 9.14. The molecule has 3 heterocycles. The van der Waals surface area contributed by atoms with Crippen LogP contribution in [0.3, 0.4) is 0 Å². The van der Waals surface area contributed by atoms with Crippen LogP contribution in [0, 0.1) is 11.2 Å². The monoisotopic (exact) mass is 423 g/mol. The van der Waals surface area contributed by atoms with Gasteiger partial charge in [-0.25, -0.2) is 14.4 Å². The van der Waals surface area contributed by atoms with Crippen molar-refractivity contribution in [2.75, 3.05) is 50.7 Å². The number of nitrogens with zero attached hydrogens (tertiary/aromatic N) is 5. The number of halogens is 1. The number of hydrogen-bond donors (Lipinski definition) is 0. The van der Waals surface area contributed by atoms with E-state index in [0.717, 1.165) is 63.4 Å². The number of benzene rings is 1. The molecule has 4 rings (SSSR count). The van der Waals surface area contributed by atoms with Gasteiger partial charge < -0.3 is 9.80 Å². The largest absolute Gasteiger partial charge is 0.368 e. The fourth-order valence-electron chi connectivity index (χ4n) is 4.56. The zero-order chi connectivity index (χ0) is 21.8. The first-order chi connectivity index (χ1) is 15.0. The molecule has 0 saturated carbocycles. The molecular formula is C24H30FN5O. The maximum absolute atomic E-state index is 13.0. The summed E-state index contributed by atoms with van der Waals surface area (Å²) in [4.78, 5) is 27.4. The van der Waals surface area contributed by atoms with E-state index in [1.807, 2.05) is 35.2 Å². The Kier molecular flexibility index (Phi) is 6.32. The van der Waals surface area contributed by atoms with Crippen LogP contribution < -0.4 is 4.90 Å². The first-order valence-electron chi connectivity index (χ1n) is 10.9. The number of hydrogen-bond acceptors (Lipinski definition) is 5. The smallest absolute Gasteiger partial charge is 0.236 e. The van der Waals surface area contributed by atoms with Crippen molar-refractivity contribution in [1.29, 1.82) is 0 Å². The molecule has 2 saturated heterocycles. The molecule has 1 atom stereocenters. The molecule has 1 aromatic heterocycles. The van der Waals surface area contributed by atoms with Crippen molar-refractivity contribution >= 4 is 11.6 Å². The number of amides is 1. The first kappa shape index (κ1) is 21.4. The lowest BCUT2D eigenvalue weighted by Gasteiger charge is -2.37. The minimum atomic E-state index is -0.441. The predicted molar refractivity (Wildman–Crippen MR) is 120 cm³/mol. The standard InChI is InChI=1S/C24H30FN5O/c1-3-8-24(2)9-10-28(18-24)17-22(31)30-13-11-29(12-14-30)21-6-4-19(5-7-21)23-26-15-20(25)16-27-23/h3-7,15-16H,1,8-14,17-18H2,2H3. The van der Waals surface area contributed by atoms with E-state index in [-0.39, 0.29) is 11.3 Å². The Hall–Kier alpha value is -2.80. The lowest BCUT2D eigenvalue weighted by molar-refractivity contribution is -0.132. The second-order valence-electron chi connectivity index (χ2n) is 8.90. The minimum absolute atomic E-state index is 0.228. The van der Waals surface area contributed by atoms with Crippen LogP contribution in [0.4, 0.5) is 10.1 Å². The number of piperazine rings is 1.